The largest absolute Gasteiger partial charge is 0.507 e. The van der Waals surface area contributed by atoms with Crippen LogP contribution in [-0.2, 0) is 6.61 Å². The lowest BCUT2D eigenvalue weighted by molar-refractivity contribution is 0.0952. The normalized spacial score (nSPS) is 10.9. The molecule has 3 rings (SSSR count). The first-order chi connectivity index (χ1) is 13.9. The molecule has 3 aromatic carbocycles. The van der Waals surface area contributed by atoms with Crippen molar-refractivity contribution < 1.29 is 14.6 Å². The van der Waals surface area contributed by atoms with E-state index in [9.17, 15) is 9.90 Å². The number of phenolic OH excluding ortho intramolecular Hbond substituents is 1. The lowest BCUT2D eigenvalue weighted by atomic mass is 10.2. The number of carbonyl (C=O) groups excluding carboxylic acids is 1. The van der Waals surface area contributed by atoms with Crippen LogP contribution in [0, 0.1) is 0 Å². The third kappa shape index (κ3) is 5.97. The Kier molecular flexibility index (Phi) is 7.14. The zero-order valence-corrected chi connectivity index (χ0v) is 18.0. The minimum atomic E-state index is -0.552. The van der Waals surface area contributed by atoms with Crippen LogP contribution in [0.5, 0.6) is 11.5 Å². The van der Waals surface area contributed by atoms with Gasteiger partial charge in [0.25, 0.3) is 5.91 Å². The summed E-state index contributed by atoms with van der Waals surface area (Å²) in [6, 6.07) is 17.0. The smallest absolute Gasteiger partial charge is 0.275 e. The number of benzene rings is 3. The van der Waals surface area contributed by atoms with Crippen molar-refractivity contribution in [2.45, 2.75) is 6.61 Å². The van der Waals surface area contributed by atoms with E-state index in [1.54, 1.807) is 30.3 Å². The van der Waals surface area contributed by atoms with Crippen LogP contribution >= 0.6 is 39.1 Å². The van der Waals surface area contributed by atoms with Gasteiger partial charge in [-0.25, -0.2) is 5.43 Å². The summed E-state index contributed by atoms with van der Waals surface area (Å²) in [6.45, 7) is 0.307. The Morgan fingerprint density at radius 1 is 1.10 bits per heavy atom. The van der Waals surface area contributed by atoms with Crippen LogP contribution in [0.25, 0.3) is 0 Å². The van der Waals surface area contributed by atoms with Crippen molar-refractivity contribution in [2.24, 2.45) is 5.10 Å². The highest BCUT2D eigenvalue weighted by atomic mass is 79.9. The molecule has 0 bridgehead atoms. The molecule has 0 aliphatic heterocycles. The van der Waals surface area contributed by atoms with Crippen molar-refractivity contribution in [3.63, 3.8) is 0 Å². The molecule has 2 N–H and O–H groups in total. The molecular weight excluding hydrogens is 479 g/mol. The maximum Gasteiger partial charge on any atom is 0.275 e. The van der Waals surface area contributed by atoms with Crippen molar-refractivity contribution in [3.05, 3.63) is 91.9 Å². The van der Waals surface area contributed by atoms with Gasteiger partial charge < -0.3 is 9.84 Å². The lowest BCUT2D eigenvalue weighted by Gasteiger charge is -2.10. The molecule has 8 heteroatoms. The highest BCUT2D eigenvalue weighted by Gasteiger charge is 2.11. The molecule has 0 atom stereocenters. The molecule has 0 fully saturated rings. The molecule has 3 aromatic rings. The topological polar surface area (TPSA) is 70.9 Å². The second-order valence-electron chi connectivity index (χ2n) is 5.96. The van der Waals surface area contributed by atoms with Crippen molar-refractivity contribution in [2.75, 3.05) is 0 Å². The number of nitrogens with zero attached hydrogens (tertiary/aromatic N) is 1. The first kappa shape index (κ1) is 21.2. The number of nitrogens with one attached hydrogen (secondary N) is 1. The van der Waals surface area contributed by atoms with Gasteiger partial charge in [0.2, 0.25) is 0 Å². The van der Waals surface area contributed by atoms with E-state index in [0.717, 1.165) is 5.56 Å². The van der Waals surface area contributed by atoms with Gasteiger partial charge in [-0.3, -0.25) is 4.79 Å². The number of halogens is 3. The fraction of sp³-hybridized carbons (Fsp3) is 0.0476. The number of ether oxygens (including phenoxy) is 1. The molecule has 0 spiro atoms. The summed E-state index contributed by atoms with van der Waals surface area (Å²) < 4.78 is 6.51. The molecule has 0 aliphatic carbocycles. The SMILES string of the molecule is O=C(N/N=C\c1cc(Cl)ccc1OCc1cccc(Cl)c1)c1cc(Br)ccc1O. The number of amides is 1. The van der Waals surface area contributed by atoms with Gasteiger partial charge in [0.1, 0.15) is 18.1 Å². The summed E-state index contributed by atoms with van der Waals surface area (Å²) in [7, 11) is 0. The van der Waals surface area contributed by atoms with E-state index in [1.165, 1.54) is 18.3 Å². The van der Waals surface area contributed by atoms with Crippen LogP contribution in [-0.4, -0.2) is 17.2 Å². The molecule has 0 saturated carbocycles. The molecule has 0 radical (unpaired) electrons. The first-order valence-corrected chi connectivity index (χ1v) is 9.96. The van der Waals surface area contributed by atoms with Gasteiger partial charge in [0, 0.05) is 20.1 Å². The van der Waals surface area contributed by atoms with Gasteiger partial charge >= 0.3 is 0 Å². The van der Waals surface area contributed by atoms with E-state index < -0.39 is 5.91 Å². The van der Waals surface area contributed by atoms with E-state index in [4.69, 9.17) is 27.9 Å². The van der Waals surface area contributed by atoms with Crippen LogP contribution in [0.1, 0.15) is 21.5 Å². The number of rotatable bonds is 6. The highest BCUT2D eigenvalue weighted by Crippen LogP contribution is 2.24. The van der Waals surface area contributed by atoms with E-state index in [-0.39, 0.29) is 11.3 Å². The van der Waals surface area contributed by atoms with Crippen LogP contribution in [0.3, 0.4) is 0 Å². The van der Waals surface area contributed by atoms with Crippen LogP contribution < -0.4 is 10.2 Å². The molecule has 0 aromatic heterocycles. The minimum Gasteiger partial charge on any atom is -0.507 e. The number of hydrazone groups is 1. The summed E-state index contributed by atoms with van der Waals surface area (Å²) in [6.07, 6.45) is 1.42. The number of hydrogen-bond donors (Lipinski definition) is 2. The van der Waals surface area contributed by atoms with Gasteiger partial charge in [0.15, 0.2) is 0 Å². The summed E-state index contributed by atoms with van der Waals surface area (Å²) in [4.78, 5) is 12.2. The van der Waals surface area contributed by atoms with E-state index in [2.05, 4.69) is 26.5 Å². The fourth-order valence-electron chi connectivity index (χ4n) is 2.45. The standard InChI is InChI=1S/C21H15BrCl2N2O3/c22-15-4-6-19(27)18(10-15)21(28)26-25-11-14-9-17(24)5-7-20(14)29-12-13-2-1-3-16(23)8-13/h1-11,27H,12H2,(H,26,28)/b25-11-. The summed E-state index contributed by atoms with van der Waals surface area (Å²) in [5.74, 6) is -0.157. The average molecular weight is 494 g/mol. The number of aromatic hydroxyl groups is 1. The molecule has 0 saturated heterocycles. The van der Waals surface area contributed by atoms with E-state index in [1.807, 2.05) is 18.2 Å². The van der Waals surface area contributed by atoms with Gasteiger partial charge in [0.05, 0.1) is 11.8 Å². The van der Waals surface area contributed by atoms with Crippen LogP contribution in [0.15, 0.2) is 70.2 Å². The Balaban J connectivity index is 1.72. The third-order valence-corrected chi connectivity index (χ3v) is 4.79. The fourth-order valence-corrected chi connectivity index (χ4v) is 3.20. The predicted octanol–water partition coefficient (Wildman–Crippen LogP) is 5.80. The molecule has 0 unspecified atom stereocenters. The monoisotopic (exact) mass is 492 g/mol. The molecule has 0 aliphatic rings. The molecule has 29 heavy (non-hydrogen) atoms. The van der Waals surface area contributed by atoms with Gasteiger partial charge in [-0.15, -0.1) is 0 Å². The average Bonchev–Trinajstić information content (AvgIpc) is 2.69. The Hall–Kier alpha value is -2.54. The van der Waals surface area contributed by atoms with Crippen molar-refractivity contribution in [1.82, 2.24) is 5.43 Å². The summed E-state index contributed by atoms with van der Waals surface area (Å²) in [5.41, 5.74) is 3.97. The minimum absolute atomic E-state index is 0.0973. The first-order valence-electron chi connectivity index (χ1n) is 8.41. The zero-order chi connectivity index (χ0) is 20.8. The zero-order valence-electron chi connectivity index (χ0n) is 14.9. The molecule has 5 nitrogen and oxygen atoms in total. The number of hydrogen-bond acceptors (Lipinski definition) is 4. The molecule has 148 valence electrons. The van der Waals surface area contributed by atoms with Gasteiger partial charge in [-0.2, -0.15) is 5.10 Å². The van der Waals surface area contributed by atoms with Crippen LogP contribution in [0.4, 0.5) is 0 Å². The Labute approximate surface area is 186 Å². The maximum absolute atomic E-state index is 12.2. The predicted molar refractivity (Wildman–Crippen MR) is 118 cm³/mol. The Morgan fingerprint density at radius 2 is 1.90 bits per heavy atom. The van der Waals surface area contributed by atoms with Gasteiger partial charge in [-0.1, -0.05) is 51.3 Å². The third-order valence-electron chi connectivity index (χ3n) is 3.83. The number of carbonyl (C=O) groups is 1. The van der Waals surface area contributed by atoms with Crippen molar-refractivity contribution in [3.8, 4) is 11.5 Å². The molecule has 0 heterocycles. The van der Waals surface area contributed by atoms with Crippen molar-refractivity contribution in [1.29, 1.82) is 0 Å². The summed E-state index contributed by atoms with van der Waals surface area (Å²) in [5, 5.41) is 14.9. The van der Waals surface area contributed by atoms with E-state index >= 15 is 0 Å². The Bertz CT molecular complexity index is 1070. The quantitative estimate of drug-likeness (QED) is 0.336. The molecule has 1 amide bonds. The second-order valence-corrected chi connectivity index (χ2v) is 7.75. The lowest BCUT2D eigenvalue weighted by Crippen LogP contribution is -2.17. The number of phenols is 1. The van der Waals surface area contributed by atoms with E-state index in [0.29, 0.717) is 32.4 Å². The second kappa shape index (κ2) is 9.78. The highest BCUT2D eigenvalue weighted by molar-refractivity contribution is 9.10. The van der Waals surface area contributed by atoms with Gasteiger partial charge in [-0.05, 0) is 54.1 Å². The Morgan fingerprint density at radius 3 is 2.69 bits per heavy atom. The summed E-state index contributed by atoms with van der Waals surface area (Å²) >= 11 is 15.3. The van der Waals surface area contributed by atoms with Crippen molar-refractivity contribution >= 4 is 51.3 Å². The van der Waals surface area contributed by atoms with Crippen LogP contribution in [0.2, 0.25) is 10.0 Å². The maximum atomic E-state index is 12.2. The molecular formula is C21H15BrCl2N2O3.